The highest BCUT2D eigenvalue weighted by Crippen LogP contribution is 2.51. The Morgan fingerprint density at radius 2 is 0.981 bits per heavy atom. The summed E-state index contributed by atoms with van der Waals surface area (Å²) in [4.78, 5) is 0. The molecular formula is C52H40. The van der Waals surface area contributed by atoms with Gasteiger partial charge in [0.1, 0.15) is 0 Å². The topological polar surface area (TPSA) is 0 Å². The molecule has 2 unspecified atom stereocenters. The molecule has 248 valence electrons. The Balaban J connectivity index is 1.08. The van der Waals surface area contributed by atoms with E-state index in [1.807, 2.05) is 0 Å². The second-order valence-electron chi connectivity index (χ2n) is 14.0. The van der Waals surface area contributed by atoms with E-state index in [0.717, 1.165) is 6.42 Å². The van der Waals surface area contributed by atoms with Gasteiger partial charge in [-0.25, -0.2) is 0 Å². The average molecular weight is 665 g/mol. The van der Waals surface area contributed by atoms with Crippen LogP contribution in [0.15, 0.2) is 218 Å². The van der Waals surface area contributed by atoms with E-state index in [0.29, 0.717) is 5.92 Å². The summed E-state index contributed by atoms with van der Waals surface area (Å²) in [7, 11) is 0. The monoisotopic (exact) mass is 664 g/mol. The Bertz CT molecular complexity index is 2370. The summed E-state index contributed by atoms with van der Waals surface area (Å²) in [6.45, 7) is 0. The number of rotatable bonds is 8. The van der Waals surface area contributed by atoms with Crippen molar-refractivity contribution in [2.45, 2.75) is 18.3 Å². The van der Waals surface area contributed by atoms with Crippen LogP contribution in [0.4, 0.5) is 0 Å². The molecule has 0 amide bonds. The lowest BCUT2D eigenvalue weighted by atomic mass is 9.65. The van der Waals surface area contributed by atoms with E-state index >= 15 is 0 Å². The van der Waals surface area contributed by atoms with Gasteiger partial charge in [-0.3, -0.25) is 0 Å². The summed E-state index contributed by atoms with van der Waals surface area (Å²) in [5.74, 6) is 0.745. The molecule has 0 heteroatoms. The second-order valence-corrected chi connectivity index (χ2v) is 14.0. The maximum atomic E-state index is 2.42. The van der Waals surface area contributed by atoms with Crippen LogP contribution in [0.25, 0.3) is 27.8 Å². The lowest BCUT2D eigenvalue weighted by molar-refractivity contribution is 0.650. The number of fused-ring (bicyclic) bond motifs is 2. The van der Waals surface area contributed by atoms with Gasteiger partial charge in [-0.1, -0.05) is 206 Å². The second kappa shape index (κ2) is 14.2. The zero-order valence-electron chi connectivity index (χ0n) is 29.1. The van der Waals surface area contributed by atoms with Crippen LogP contribution < -0.4 is 0 Å². The van der Waals surface area contributed by atoms with Crippen molar-refractivity contribution < 1.29 is 0 Å². The first kappa shape index (κ1) is 31.7. The van der Waals surface area contributed by atoms with Crippen LogP contribution in [0.3, 0.4) is 0 Å². The van der Waals surface area contributed by atoms with Crippen molar-refractivity contribution in [2.75, 3.05) is 0 Å². The van der Waals surface area contributed by atoms with Crippen LogP contribution in [0.2, 0.25) is 0 Å². The standard InChI is InChI=1S/C52H40/c1-4-17-39(18-5-1)44-25-10-11-26-45(44)52-48-29-14-12-27-46(48)51(47-28-13-15-30-49(47)52)43-24-16-23-42(36-43)38-33-31-37(32-34-38)35-50(40-19-6-2-7-20-40)41-21-8-3-9-22-41/h1-34,36,48,50,52H,35H2. The number of benzene rings is 7. The molecule has 0 saturated carbocycles. The van der Waals surface area contributed by atoms with Crippen LogP contribution in [-0.2, 0) is 6.42 Å². The molecule has 7 aromatic rings. The Labute approximate surface area is 307 Å². The Kier molecular flexibility index (Phi) is 8.65. The van der Waals surface area contributed by atoms with Gasteiger partial charge in [0.05, 0.1) is 0 Å². The molecule has 0 aliphatic heterocycles. The smallest absolute Gasteiger partial charge is 0.0205 e. The predicted molar refractivity (Wildman–Crippen MR) is 218 cm³/mol. The quantitative estimate of drug-likeness (QED) is 0.152. The minimum atomic E-state index is 0.207. The van der Waals surface area contributed by atoms with Gasteiger partial charge in [0.25, 0.3) is 0 Å². The van der Waals surface area contributed by atoms with Crippen molar-refractivity contribution in [3.8, 4) is 22.3 Å². The van der Waals surface area contributed by atoms with Gasteiger partial charge in [0, 0.05) is 17.8 Å². The van der Waals surface area contributed by atoms with Crippen molar-refractivity contribution in [1.29, 1.82) is 0 Å². The van der Waals surface area contributed by atoms with Gasteiger partial charge in [0.15, 0.2) is 0 Å². The predicted octanol–water partition coefficient (Wildman–Crippen LogP) is 13.1. The van der Waals surface area contributed by atoms with E-state index in [1.54, 1.807) is 0 Å². The molecule has 0 nitrogen and oxygen atoms in total. The van der Waals surface area contributed by atoms with Crippen LogP contribution >= 0.6 is 0 Å². The minimum absolute atomic E-state index is 0.207. The third kappa shape index (κ3) is 6.08. The molecule has 7 aromatic carbocycles. The first-order valence-corrected chi connectivity index (χ1v) is 18.4. The highest BCUT2D eigenvalue weighted by atomic mass is 14.4. The molecule has 2 aliphatic carbocycles. The molecule has 52 heavy (non-hydrogen) atoms. The van der Waals surface area contributed by atoms with Crippen molar-refractivity contribution in [1.82, 2.24) is 0 Å². The number of hydrogen-bond acceptors (Lipinski definition) is 0. The zero-order chi connectivity index (χ0) is 34.7. The molecule has 2 atom stereocenters. The maximum absolute atomic E-state index is 2.42. The third-order valence-electron chi connectivity index (χ3n) is 10.9. The number of allylic oxidation sites excluding steroid dienone is 5. The summed E-state index contributed by atoms with van der Waals surface area (Å²) < 4.78 is 0. The summed E-state index contributed by atoms with van der Waals surface area (Å²) >= 11 is 0. The first-order chi connectivity index (χ1) is 25.8. The molecule has 0 spiro atoms. The fraction of sp³-hybridized carbons (Fsp3) is 0.0769. The lowest BCUT2D eigenvalue weighted by Gasteiger charge is -2.37. The number of hydrogen-bond donors (Lipinski definition) is 0. The molecule has 0 heterocycles. The molecule has 0 N–H and O–H groups in total. The average Bonchev–Trinajstić information content (AvgIpc) is 3.23. The lowest BCUT2D eigenvalue weighted by Crippen LogP contribution is -2.23. The molecule has 9 rings (SSSR count). The van der Waals surface area contributed by atoms with Crippen molar-refractivity contribution in [3.63, 3.8) is 0 Å². The molecular weight excluding hydrogens is 625 g/mol. The van der Waals surface area contributed by atoms with Crippen LogP contribution in [0, 0.1) is 5.92 Å². The van der Waals surface area contributed by atoms with E-state index in [4.69, 9.17) is 0 Å². The van der Waals surface area contributed by atoms with E-state index in [2.05, 4.69) is 212 Å². The first-order valence-electron chi connectivity index (χ1n) is 18.4. The van der Waals surface area contributed by atoms with E-state index < -0.39 is 0 Å². The molecule has 0 radical (unpaired) electrons. The Hall–Kier alpha value is -6.24. The normalized spacial score (nSPS) is 16.1. The van der Waals surface area contributed by atoms with Gasteiger partial charge < -0.3 is 0 Å². The molecule has 0 fully saturated rings. The van der Waals surface area contributed by atoms with E-state index in [1.165, 1.54) is 72.3 Å². The summed E-state index contributed by atoms with van der Waals surface area (Å²) in [5, 5.41) is 0. The molecule has 2 aliphatic rings. The fourth-order valence-electron chi connectivity index (χ4n) is 8.50. The maximum Gasteiger partial charge on any atom is 0.0205 e. The van der Waals surface area contributed by atoms with Gasteiger partial charge in [-0.15, -0.1) is 0 Å². The highest BCUT2D eigenvalue weighted by molar-refractivity contribution is 5.90. The van der Waals surface area contributed by atoms with Gasteiger partial charge in [0.2, 0.25) is 0 Å². The largest absolute Gasteiger partial charge is 0.0760 e. The van der Waals surface area contributed by atoms with E-state index in [-0.39, 0.29) is 11.8 Å². The summed E-state index contributed by atoms with van der Waals surface area (Å²) in [6, 6.07) is 69.1. The SMILES string of the molecule is C1=CC2=C(c3cccc(-c4ccc(CC(c5ccccc5)c5ccccc5)cc4)c3)c3ccccc3C(c3ccccc3-c3ccccc3)C2C=C1. The zero-order valence-corrected chi connectivity index (χ0v) is 29.1. The Morgan fingerprint density at radius 1 is 0.423 bits per heavy atom. The summed E-state index contributed by atoms with van der Waals surface area (Å²) in [6.07, 6.45) is 10.2. The van der Waals surface area contributed by atoms with Crippen molar-refractivity contribution >= 4 is 5.57 Å². The van der Waals surface area contributed by atoms with Gasteiger partial charge in [-0.2, -0.15) is 0 Å². The van der Waals surface area contributed by atoms with Crippen LogP contribution in [0.5, 0.6) is 0 Å². The van der Waals surface area contributed by atoms with Gasteiger partial charge in [-0.05, 0) is 84.8 Å². The van der Waals surface area contributed by atoms with Crippen LogP contribution in [0.1, 0.15) is 50.8 Å². The third-order valence-corrected chi connectivity index (χ3v) is 10.9. The van der Waals surface area contributed by atoms with Crippen LogP contribution in [-0.4, -0.2) is 0 Å². The molecule has 0 saturated heterocycles. The van der Waals surface area contributed by atoms with Gasteiger partial charge >= 0.3 is 0 Å². The molecule has 0 bridgehead atoms. The Morgan fingerprint density at radius 3 is 1.67 bits per heavy atom. The fourth-order valence-corrected chi connectivity index (χ4v) is 8.50. The highest BCUT2D eigenvalue weighted by Gasteiger charge is 2.36. The van der Waals surface area contributed by atoms with Crippen molar-refractivity contribution in [3.05, 3.63) is 257 Å². The van der Waals surface area contributed by atoms with E-state index in [9.17, 15) is 0 Å². The van der Waals surface area contributed by atoms with Crippen molar-refractivity contribution in [2.24, 2.45) is 5.92 Å². The summed E-state index contributed by atoms with van der Waals surface area (Å²) in [5.41, 5.74) is 17.1. The molecule has 0 aromatic heterocycles. The minimum Gasteiger partial charge on any atom is -0.0760 e.